The van der Waals surface area contributed by atoms with E-state index in [1.54, 1.807) is 25.4 Å². The number of unbranched alkanes of at least 4 members (excludes halogenated alkanes) is 4. The van der Waals surface area contributed by atoms with Gasteiger partial charge in [-0.2, -0.15) is 0 Å². The fourth-order valence-electron chi connectivity index (χ4n) is 2.61. The third-order valence-corrected chi connectivity index (χ3v) is 3.98. The minimum Gasteiger partial charge on any atom is -0.466 e. The number of nitrogens with zero attached hydrogens (tertiary/aromatic N) is 2. The van der Waals surface area contributed by atoms with Crippen LogP contribution in [0, 0.1) is 0 Å². The Morgan fingerprint density at radius 1 is 1.29 bits per heavy atom. The molecule has 0 saturated carbocycles. The summed E-state index contributed by atoms with van der Waals surface area (Å²) in [6.07, 6.45) is 9.98. The quantitative estimate of drug-likeness (QED) is 0.0954. The lowest BCUT2D eigenvalue weighted by Gasteiger charge is -2.18. The molecule has 0 bridgehead atoms. The number of urea groups is 1. The third kappa shape index (κ3) is 11.1. The van der Waals surface area contributed by atoms with Crippen molar-refractivity contribution in [1.82, 2.24) is 21.0 Å². The zero-order valence-electron chi connectivity index (χ0n) is 16.5. The second-order valence-electron chi connectivity index (χ2n) is 6.22. The molecule has 0 aromatic carbocycles. The highest BCUT2D eigenvalue weighted by Crippen LogP contribution is 2.16. The first-order valence-corrected chi connectivity index (χ1v) is 9.71. The SMILES string of the molecule is CCOC(=O)CC(NC(=O)NCCCCCCCN=CNN)c1cccnc1. The molecule has 28 heavy (non-hydrogen) atoms. The molecule has 1 heterocycles. The molecule has 1 rings (SSSR count). The number of amides is 2. The molecule has 5 N–H and O–H groups in total. The van der Waals surface area contributed by atoms with Crippen LogP contribution in [0.4, 0.5) is 4.79 Å². The predicted octanol–water partition coefficient (Wildman–Crippen LogP) is 1.82. The smallest absolute Gasteiger partial charge is 0.315 e. The molecule has 1 atom stereocenters. The van der Waals surface area contributed by atoms with Crippen molar-refractivity contribution in [3.63, 3.8) is 0 Å². The molecule has 9 nitrogen and oxygen atoms in total. The van der Waals surface area contributed by atoms with Crippen LogP contribution >= 0.6 is 0 Å². The monoisotopic (exact) mass is 392 g/mol. The van der Waals surface area contributed by atoms with Crippen LogP contribution in [-0.2, 0) is 9.53 Å². The average molecular weight is 393 g/mol. The molecule has 2 amide bonds. The fourth-order valence-corrected chi connectivity index (χ4v) is 2.61. The molecule has 0 aliphatic heterocycles. The van der Waals surface area contributed by atoms with Gasteiger partial charge in [0, 0.05) is 25.5 Å². The number of hydrogen-bond donors (Lipinski definition) is 4. The standard InChI is InChI=1S/C19H32N6O3/c1-2-28-18(26)13-17(16-9-8-11-21-14-16)25-19(27)23-12-7-5-3-4-6-10-22-15-24-20/h8-9,11,14-15,17H,2-7,10,12-13,20H2,1H3,(H,22,24)(H2,23,25,27). The van der Waals surface area contributed by atoms with Gasteiger partial charge in [-0.05, 0) is 31.4 Å². The number of rotatable bonds is 14. The fraction of sp³-hybridized carbons (Fsp3) is 0.579. The Kier molecular flexibility index (Phi) is 12.8. The summed E-state index contributed by atoms with van der Waals surface area (Å²) in [6.45, 7) is 3.41. The minimum atomic E-state index is -0.476. The van der Waals surface area contributed by atoms with Crippen LogP contribution in [0.5, 0.6) is 0 Å². The number of hydrazine groups is 1. The molecule has 1 aromatic rings. The molecule has 156 valence electrons. The molecule has 1 aromatic heterocycles. The third-order valence-electron chi connectivity index (χ3n) is 3.98. The summed E-state index contributed by atoms with van der Waals surface area (Å²) in [5.74, 6) is 4.73. The van der Waals surface area contributed by atoms with E-state index in [0.29, 0.717) is 13.2 Å². The number of nitrogens with two attached hydrogens (primary N) is 1. The number of ether oxygens (including phenoxy) is 1. The number of carbonyl (C=O) groups is 2. The Hall–Kier alpha value is -2.68. The Balaban J connectivity index is 2.27. The van der Waals surface area contributed by atoms with Crippen molar-refractivity contribution in [3.8, 4) is 0 Å². The van der Waals surface area contributed by atoms with Gasteiger partial charge in [0.2, 0.25) is 0 Å². The lowest BCUT2D eigenvalue weighted by Crippen LogP contribution is -2.39. The average Bonchev–Trinajstić information content (AvgIpc) is 2.70. The summed E-state index contributed by atoms with van der Waals surface area (Å²) in [4.78, 5) is 32.1. The van der Waals surface area contributed by atoms with E-state index in [1.165, 1.54) is 6.34 Å². The van der Waals surface area contributed by atoms with Gasteiger partial charge in [0.1, 0.15) is 0 Å². The first-order chi connectivity index (χ1) is 13.7. The van der Waals surface area contributed by atoms with Gasteiger partial charge in [0.05, 0.1) is 25.4 Å². The number of nitrogens with one attached hydrogen (secondary N) is 3. The first-order valence-electron chi connectivity index (χ1n) is 9.71. The number of aromatic nitrogens is 1. The van der Waals surface area contributed by atoms with E-state index in [0.717, 1.165) is 44.2 Å². The zero-order chi connectivity index (χ0) is 20.5. The van der Waals surface area contributed by atoms with Gasteiger partial charge in [-0.1, -0.05) is 25.3 Å². The molecule has 0 spiro atoms. The van der Waals surface area contributed by atoms with Crippen molar-refractivity contribution in [2.45, 2.75) is 51.5 Å². The van der Waals surface area contributed by atoms with Crippen molar-refractivity contribution < 1.29 is 14.3 Å². The molecule has 0 radical (unpaired) electrons. The zero-order valence-corrected chi connectivity index (χ0v) is 16.5. The van der Waals surface area contributed by atoms with Crippen LogP contribution in [0.2, 0.25) is 0 Å². The van der Waals surface area contributed by atoms with Crippen molar-refractivity contribution >= 4 is 18.3 Å². The summed E-state index contributed by atoms with van der Waals surface area (Å²) in [7, 11) is 0. The molecule has 0 fully saturated rings. The molecule has 9 heteroatoms. The van der Waals surface area contributed by atoms with E-state index in [4.69, 9.17) is 10.6 Å². The van der Waals surface area contributed by atoms with E-state index in [2.05, 4.69) is 26.0 Å². The van der Waals surface area contributed by atoms with Crippen LogP contribution < -0.4 is 21.9 Å². The number of hydrogen-bond acceptors (Lipinski definition) is 6. The summed E-state index contributed by atoms with van der Waals surface area (Å²) in [5.41, 5.74) is 3.13. The summed E-state index contributed by atoms with van der Waals surface area (Å²) in [6, 6.07) is 2.81. The van der Waals surface area contributed by atoms with Crippen molar-refractivity contribution in [3.05, 3.63) is 30.1 Å². The second-order valence-corrected chi connectivity index (χ2v) is 6.22. The Morgan fingerprint density at radius 2 is 2.07 bits per heavy atom. The molecule has 1 unspecified atom stereocenters. The highest BCUT2D eigenvalue weighted by molar-refractivity contribution is 5.76. The van der Waals surface area contributed by atoms with E-state index in [-0.39, 0.29) is 18.4 Å². The minimum absolute atomic E-state index is 0.0646. The van der Waals surface area contributed by atoms with Crippen molar-refractivity contribution in [2.75, 3.05) is 19.7 Å². The second kappa shape index (κ2) is 15.4. The Morgan fingerprint density at radius 3 is 2.79 bits per heavy atom. The number of carbonyl (C=O) groups excluding carboxylic acids is 2. The normalized spacial score (nSPS) is 11.8. The maximum absolute atomic E-state index is 12.2. The van der Waals surface area contributed by atoms with Crippen LogP contribution in [0.15, 0.2) is 29.5 Å². The van der Waals surface area contributed by atoms with E-state index in [1.807, 2.05) is 6.07 Å². The van der Waals surface area contributed by atoms with Crippen LogP contribution in [0.1, 0.15) is 57.1 Å². The number of pyridine rings is 1. The van der Waals surface area contributed by atoms with E-state index < -0.39 is 6.04 Å². The summed E-state index contributed by atoms with van der Waals surface area (Å²) >= 11 is 0. The number of aliphatic imine (C=N–C) groups is 1. The van der Waals surface area contributed by atoms with Crippen molar-refractivity contribution in [1.29, 1.82) is 0 Å². The molecular formula is C19H32N6O3. The number of esters is 1. The van der Waals surface area contributed by atoms with Gasteiger partial charge in [0.25, 0.3) is 0 Å². The van der Waals surface area contributed by atoms with Crippen molar-refractivity contribution in [2.24, 2.45) is 10.8 Å². The van der Waals surface area contributed by atoms with Gasteiger partial charge >= 0.3 is 12.0 Å². The summed E-state index contributed by atoms with van der Waals surface area (Å²) in [5, 5.41) is 5.67. The largest absolute Gasteiger partial charge is 0.466 e. The molecule has 0 saturated heterocycles. The van der Waals surface area contributed by atoms with Crippen LogP contribution in [-0.4, -0.2) is 43.0 Å². The molecular weight excluding hydrogens is 360 g/mol. The lowest BCUT2D eigenvalue weighted by atomic mass is 10.1. The molecule has 0 aliphatic carbocycles. The van der Waals surface area contributed by atoms with Gasteiger partial charge in [-0.25, -0.2) is 10.6 Å². The molecule has 0 aliphatic rings. The lowest BCUT2D eigenvalue weighted by molar-refractivity contribution is -0.143. The van der Waals surface area contributed by atoms with Gasteiger partial charge < -0.3 is 20.8 Å². The van der Waals surface area contributed by atoms with E-state index >= 15 is 0 Å². The van der Waals surface area contributed by atoms with E-state index in [9.17, 15) is 9.59 Å². The Bertz CT molecular complexity index is 582. The maximum atomic E-state index is 12.2. The predicted molar refractivity (Wildman–Crippen MR) is 109 cm³/mol. The van der Waals surface area contributed by atoms with Crippen LogP contribution in [0.3, 0.4) is 0 Å². The summed E-state index contributed by atoms with van der Waals surface area (Å²) < 4.78 is 4.99. The highest BCUT2D eigenvalue weighted by atomic mass is 16.5. The van der Waals surface area contributed by atoms with Gasteiger partial charge in [-0.3, -0.25) is 14.8 Å². The highest BCUT2D eigenvalue weighted by Gasteiger charge is 2.19. The first kappa shape index (κ1) is 23.4. The topological polar surface area (TPSA) is 131 Å². The van der Waals surface area contributed by atoms with Crippen LogP contribution in [0.25, 0.3) is 0 Å². The maximum Gasteiger partial charge on any atom is 0.315 e. The Labute approximate surface area is 166 Å². The van der Waals surface area contributed by atoms with Gasteiger partial charge in [0.15, 0.2) is 0 Å². The van der Waals surface area contributed by atoms with Gasteiger partial charge in [-0.15, -0.1) is 0 Å².